The number of hydrogen-bond donors (Lipinski definition) is 0. The van der Waals surface area contributed by atoms with Gasteiger partial charge in [-0.1, -0.05) is 71.7 Å². The molecule has 0 saturated carbocycles. The highest BCUT2D eigenvalue weighted by atomic mass is 35.6. The van der Waals surface area contributed by atoms with Crippen molar-refractivity contribution in [2.45, 2.75) is 45.4 Å². The molecule has 0 heterocycles. The van der Waals surface area contributed by atoms with E-state index in [-0.39, 0.29) is 6.10 Å². The fourth-order valence-electron chi connectivity index (χ4n) is 2.53. The topological polar surface area (TPSA) is 27.7 Å². The average molecular weight is 425 g/mol. The van der Waals surface area contributed by atoms with Crippen molar-refractivity contribution in [1.82, 2.24) is 0 Å². The highest BCUT2D eigenvalue weighted by Gasteiger charge is 2.49. The van der Waals surface area contributed by atoms with Crippen LogP contribution in [0.15, 0.2) is 60.7 Å². The van der Waals surface area contributed by atoms with Gasteiger partial charge in [0.05, 0.1) is 0 Å². The molecule has 26 heavy (non-hydrogen) atoms. The van der Waals surface area contributed by atoms with Crippen molar-refractivity contribution in [2.24, 2.45) is 0 Å². The molecule has 0 fully saturated rings. The normalized spacial score (nSPS) is 13.2. The SMILES string of the molecule is C[Si](C)(C)O[Si](Cl)(OC(c1ccccc1)c1ccccc1)O[Si](C)(C)C. The maximum absolute atomic E-state index is 6.94. The molecule has 142 valence electrons. The highest BCUT2D eigenvalue weighted by molar-refractivity contribution is 7.14. The molecule has 3 nitrogen and oxygen atoms in total. The Morgan fingerprint density at radius 2 is 1.00 bits per heavy atom. The number of hydrogen-bond acceptors (Lipinski definition) is 3. The molecule has 0 bridgehead atoms. The zero-order valence-corrected chi connectivity index (χ0v) is 20.2. The summed E-state index contributed by atoms with van der Waals surface area (Å²) in [5.74, 6) is 0. The van der Waals surface area contributed by atoms with Gasteiger partial charge in [0.2, 0.25) is 0 Å². The predicted octanol–water partition coefficient (Wildman–Crippen LogP) is 6.17. The van der Waals surface area contributed by atoms with Crippen molar-refractivity contribution < 1.29 is 12.7 Å². The van der Waals surface area contributed by atoms with Crippen LogP contribution in [-0.4, -0.2) is 24.7 Å². The predicted molar refractivity (Wildman–Crippen MR) is 116 cm³/mol. The van der Waals surface area contributed by atoms with Gasteiger partial charge in [-0.2, -0.15) is 0 Å². The summed E-state index contributed by atoms with van der Waals surface area (Å²) in [7, 11) is -7.27. The Hall–Kier alpha value is -0.739. The molecular weight excluding hydrogens is 396 g/mol. The minimum Gasteiger partial charge on any atom is -0.405 e. The van der Waals surface area contributed by atoms with Crippen LogP contribution in [0, 0.1) is 0 Å². The lowest BCUT2D eigenvalue weighted by Crippen LogP contribution is -2.53. The third-order valence-electron chi connectivity index (χ3n) is 3.32. The van der Waals surface area contributed by atoms with Gasteiger partial charge in [0.15, 0.2) is 16.6 Å². The first-order valence-corrected chi connectivity index (χ1v) is 18.4. The first-order valence-electron chi connectivity index (χ1n) is 8.84. The van der Waals surface area contributed by atoms with Crippen LogP contribution < -0.4 is 0 Å². The van der Waals surface area contributed by atoms with Crippen LogP contribution in [0.1, 0.15) is 17.2 Å². The lowest BCUT2D eigenvalue weighted by molar-refractivity contribution is 0.142. The van der Waals surface area contributed by atoms with Crippen LogP contribution in [0.4, 0.5) is 0 Å². The van der Waals surface area contributed by atoms with E-state index in [0.717, 1.165) is 11.1 Å². The summed E-state index contributed by atoms with van der Waals surface area (Å²) in [6, 6.07) is 20.2. The van der Waals surface area contributed by atoms with Crippen molar-refractivity contribution in [3.63, 3.8) is 0 Å². The molecule has 0 aliphatic rings. The summed E-state index contributed by atoms with van der Waals surface area (Å²) in [4.78, 5) is 0. The molecule has 2 aromatic carbocycles. The molecule has 0 radical (unpaired) electrons. The number of benzene rings is 2. The van der Waals surface area contributed by atoms with E-state index in [1.165, 1.54) is 0 Å². The largest absolute Gasteiger partial charge is 0.592 e. The van der Waals surface area contributed by atoms with Crippen LogP contribution in [0.3, 0.4) is 0 Å². The number of halogens is 1. The molecule has 0 unspecified atom stereocenters. The van der Waals surface area contributed by atoms with Crippen LogP contribution in [0.5, 0.6) is 0 Å². The first kappa shape index (κ1) is 21.6. The Bertz CT molecular complexity index is 629. The van der Waals surface area contributed by atoms with Crippen molar-refractivity contribution >= 4 is 35.8 Å². The minimum atomic E-state index is -3.35. The fourth-order valence-corrected chi connectivity index (χ4v) is 14.3. The minimum absolute atomic E-state index is 0.325. The van der Waals surface area contributed by atoms with Crippen LogP contribution >= 0.6 is 11.1 Å². The van der Waals surface area contributed by atoms with Gasteiger partial charge in [0, 0.05) is 0 Å². The van der Waals surface area contributed by atoms with E-state index in [2.05, 4.69) is 39.3 Å². The first-order chi connectivity index (χ1) is 12.0. The molecule has 0 N–H and O–H groups in total. The van der Waals surface area contributed by atoms with E-state index < -0.39 is 24.7 Å². The van der Waals surface area contributed by atoms with Gasteiger partial charge < -0.3 is 12.7 Å². The van der Waals surface area contributed by atoms with Crippen molar-refractivity contribution in [3.05, 3.63) is 71.8 Å². The lowest BCUT2D eigenvalue weighted by atomic mass is 10.0. The standard InChI is InChI=1S/C19H29ClO3Si3/c1-24(2,3)22-26(20,23-25(4,5)6)21-19(17-13-9-7-10-14-17)18-15-11-8-12-16-18/h7-16,19H,1-6H3. The maximum atomic E-state index is 6.94. The molecule has 2 rings (SSSR count). The van der Waals surface area contributed by atoms with Crippen molar-refractivity contribution in [2.75, 3.05) is 0 Å². The quantitative estimate of drug-likeness (QED) is 0.374. The van der Waals surface area contributed by atoms with E-state index >= 15 is 0 Å². The third-order valence-corrected chi connectivity index (χ3v) is 12.3. The highest BCUT2D eigenvalue weighted by Crippen LogP contribution is 2.34. The second-order valence-corrected chi connectivity index (χ2v) is 20.9. The third kappa shape index (κ3) is 7.11. The molecule has 0 aliphatic heterocycles. The fraction of sp³-hybridized carbons (Fsp3) is 0.368. The van der Waals surface area contributed by atoms with Crippen molar-refractivity contribution in [1.29, 1.82) is 0 Å². The molecule has 2 aromatic rings. The Labute approximate surface area is 165 Å². The summed E-state index contributed by atoms with van der Waals surface area (Å²) in [5.41, 5.74) is 2.07. The van der Waals surface area contributed by atoms with Crippen molar-refractivity contribution in [3.8, 4) is 0 Å². The molecule has 0 aromatic heterocycles. The zero-order chi connectivity index (χ0) is 19.4. The monoisotopic (exact) mass is 424 g/mol. The number of rotatable bonds is 8. The smallest absolute Gasteiger partial charge is 0.405 e. The van der Waals surface area contributed by atoms with Crippen LogP contribution in [0.25, 0.3) is 0 Å². The molecule has 0 saturated heterocycles. The molecule has 0 atom stereocenters. The van der Waals surface area contributed by atoms with Gasteiger partial charge in [-0.15, -0.1) is 0 Å². The molecule has 0 aliphatic carbocycles. The Morgan fingerprint density at radius 1 is 0.654 bits per heavy atom. The zero-order valence-electron chi connectivity index (χ0n) is 16.5. The van der Waals surface area contributed by atoms with Gasteiger partial charge in [-0.25, -0.2) is 0 Å². The second kappa shape index (κ2) is 8.52. The van der Waals surface area contributed by atoms with Gasteiger partial charge >= 0.3 is 8.11 Å². The van der Waals surface area contributed by atoms with Crippen LogP contribution in [0.2, 0.25) is 39.3 Å². The van der Waals surface area contributed by atoms with E-state index in [1.54, 1.807) is 0 Å². The van der Waals surface area contributed by atoms with E-state index in [4.69, 9.17) is 23.7 Å². The maximum Gasteiger partial charge on any atom is 0.592 e. The van der Waals surface area contributed by atoms with E-state index in [9.17, 15) is 0 Å². The Morgan fingerprint density at radius 3 is 1.31 bits per heavy atom. The summed E-state index contributed by atoms with van der Waals surface area (Å²) in [5, 5.41) is 0. The molecule has 0 amide bonds. The van der Waals surface area contributed by atoms with Gasteiger partial charge in [0.1, 0.15) is 6.10 Å². The van der Waals surface area contributed by atoms with E-state index in [0.29, 0.717) is 0 Å². The van der Waals surface area contributed by atoms with Crippen LogP contribution in [-0.2, 0) is 12.7 Å². The Kier molecular flexibility index (Phi) is 7.06. The molecule has 7 heteroatoms. The van der Waals surface area contributed by atoms with Gasteiger partial charge in [-0.05, 0) is 50.4 Å². The molecular formula is C19H29ClO3Si3. The average Bonchev–Trinajstić information content (AvgIpc) is 2.51. The Balaban J connectivity index is 2.42. The van der Waals surface area contributed by atoms with E-state index in [1.807, 2.05) is 60.7 Å². The van der Waals surface area contributed by atoms with Gasteiger partial charge in [0.25, 0.3) is 0 Å². The summed E-state index contributed by atoms with van der Waals surface area (Å²) < 4.78 is 19.1. The van der Waals surface area contributed by atoms with Gasteiger partial charge in [-0.3, -0.25) is 0 Å². The second-order valence-electron chi connectivity index (χ2n) is 8.23. The lowest BCUT2D eigenvalue weighted by Gasteiger charge is -2.37. The molecule has 0 spiro atoms. The summed E-state index contributed by atoms with van der Waals surface area (Å²) in [6.45, 7) is 12.6. The summed E-state index contributed by atoms with van der Waals surface area (Å²) >= 11 is 6.94. The summed E-state index contributed by atoms with van der Waals surface area (Å²) in [6.07, 6.45) is -0.325.